The zero-order chi connectivity index (χ0) is 24.9. The van der Waals surface area contributed by atoms with Gasteiger partial charge in [-0.1, -0.05) is 53.6 Å². The molecule has 8 heteroatoms. The highest BCUT2D eigenvalue weighted by molar-refractivity contribution is 6.31. The number of methoxy groups -OCH3 is 1. The molecule has 0 saturated carbocycles. The second-order valence-corrected chi connectivity index (χ2v) is 8.74. The molecular formula is C27H28ClN5O2. The lowest BCUT2D eigenvalue weighted by Crippen LogP contribution is -2.29. The highest BCUT2D eigenvalue weighted by atomic mass is 35.5. The number of nitrogens with zero attached hydrogens (tertiary/aromatic N) is 4. The molecule has 0 radical (unpaired) electrons. The topological polar surface area (TPSA) is 74.0 Å². The minimum Gasteiger partial charge on any atom is -0.497 e. The van der Waals surface area contributed by atoms with Gasteiger partial charge >= 0.3 is 0 Å². The molecule has 0 spiro atoms. The molecule has 1 atom stereocenters. The van der Waals surface area contributed by atoms with Crippen molar-refractivity contribution in [1.29, 1.82) is 0 Å². The van der Waals surface area contributed by atoms with Crippen molar-refractivity contribution < 1.29 is 9.53 Å². The Balaban J connectivity index is 1.53. The second-order valence-electron chi connectivity index (χ2n) is 8.38. The van der Waals surface area contributed by atoms with Crippen molar-refractivity contribution in [2.75, 3.05) is 7.11 Å². The number of ether oxygens (including phenoxy) is 1. The van der Waals surface area contributed by atoms with Crippen molar-refractivity contribution in [3.63, 3.8) is 0 Å². The van der Waals surface area contributed by atoms with Crippen LogP contribution in [0, 0.1) is 13.8 Å². The van der Waals surface area contributed by atoms with Gasteiger partial charge in [-0.25, -0.2) is 9.67 Å². The van der Waals surface area contributed by atoms with Gasteiger partial charge in [-0.05, 0) is 43.2 Å². The van der Waals surface area contributed by atoms with Crippen LogP contribution in [0.1, 0.15) is 39.8 Å². The van der Waals surface area contributed by atoms with E-state index in [1.807, 2.05) is 49.0 Å². The summed E-state index contributed by atoms with van der Waals surface area (Å²) in [4.78, 5) is 17.4. The maximum Gasteiger partial charge on any atom is 0.244 e. The number of hydrogen-bond acceptors (Lipinski definition) is 4. The van der Waals surface area contributed by atoms with Crippen LogP contribution in [0.15, 0.2) is 67.0 Å². The number of nitrogens with one attached hydrogen (secondary N) is 1. The van der Waals surface area contributed by atoms with Crippen molar-refractivity contribution in [3.8, 4) is 5.75 Å². The fraction of sp³-hybridized carbons (Fsp3) is 0.222. The third kappa shape index (κ3) is 5.63. The Morgan fingerprint density at radius 3 is 2.49 bits per heavy atom. The summed E-state index contributed by atoms with van der Waals surface area (Å²) in [5.74, 6) is 1.19. The van der Waals surface area contributed by atoms with Crippen molar-refractivity contribution in [3.05, 3.63) is 106 Å². The quantitative estimate of drug-likeness (QED) is 0.358. The number of halogens is 1. The van der Waals surface area contributed by atoms with E-state index in [9.17, 15) is 4.79 Å². The van der Waals surface area contributed by atoms with Gasteiger partial charge in [0.05, 0.1) is 19.3 Å². The molecule has 2 aromatic carbocycles. The van der Waals surface area contributed by atoms with E-state index >= 15 is 0 Å². The van der Waals surface area contributed by atoms with E-state index in [0.717, 1.165) is 28.4 Å². The number of aromatic nitrogens is 4. The van der Waals surface area contributed by atoms with Crippen LogP contribution >= 0.6 is 11.6 Å². The van der Waals surface area contributed by atoms with E-state index in [2.05, 4.69) is 46.6 Å². The van der Waals surface area contributed by atoms with E-state index in [1.165, 1.54) is 11.6 Å². The zero-order valence-corrected chi connectivity index (χ0v) is 21.0. The number of carbonyl (C=O) groups is 1. The molecule has 2 heterocycles. The Bertz CT molecular complexity index is 1340. The van der Waals surface area contributed by atoms with Gasteiger partial charge in [0.25, 0.3) is 0 Å². The van der Waals surface area contributed by atoms with Crippen LogP contribution in [0.4, 0.5) is 0 Å². The molecule has 0 aliphatic heterocycles. The van der Waals surface area contributed by atoms with Gasteiger partial charge in [0.2, 0.25) is 5.91 Å². The summed E-state index contributed by atoms with van der Waals surface area (Å²) in [7, 11) is 3.51. The number of carbonyl (C=O) groups excluding carboxylic acids is 1. The Morgan fingerprint density at radius 2 is 1.86 bits per heavy atom. The smallest absolute Gasteiger partial charge is 0.244 e. The first kappa shape index (κ1) is 24.3. The van der Waals surface area contributed by atoms with Gasteiger partial charge in [0.1, 0.15) is 22.8 Å². The molecule has 0 fully saturated rings. The molecule has 180 valence electrons. The van der Waals surface area contributed by atoms with Crippen molar-refractivity contribution in [1.82, 2.24) is 24.6 Å². The van der Waals surface area contributed by atoms with Gasteiger partial charge in [-0.3, -0.25) is 4.79 Å². The molecule has 0 aliphatic rings. The second kappa shape index (κ2) is 10.6. The van der Waals surface area contributed by atoms with Crippen LogP contribution in [0.2, 0.25) is 5.15 Å². The lowest BCUT2D eigenvalue weighted by atomic mass is 10.1. The number of rotatable bonds is 8. The van der Waals surface area contributed by atoms with E-state index < -0.39 is 6.04 Å². The van der Waals surface area contributed by atoms with Gasteiger partial charge < -0.3 is 14.6 Å². The first-order valence-corrected chi connectivity index (χ1v) is 11.6. The molecule has 4 rings (SSSR count). The first-order chi connectivity index (χ1) is 16.9. The van der Waals surface area contributed by atoms with Crippen molar-refractivity contribution in [2.45, 2.75) is 26.4 Å². The lowest BCUT2D eigenvalue weighted by Gasteiger charge is -2.18. The summed E-state index contributed by atoms with van der Waals surface area (Å²) in [5.41, 5.74) is 4.66. The number of benzene rings is 2. The van der Waals surface area contributed by atoms with E-state index in [4.69, 9.17) is 16.3 Å². The number of amides is 1. The predicted octanol–water partition coefficient (Wildman–Crippen LogP) is 4.86. The van der Waals surface area contributed by atoms with Crippen LogP contribution in [-0.2, 0) is 18.4 Å². The monoisotopic (exact) mass is 489 g/mol. The normalized spacial score (nSPS) is 12.1. The zero-order valence-electron chi connectivity index (χ0n) is 20.2. The van der Waals surface area contributed by atoms with Crippen molar-refractivity contribution >= 4 is 23.6 Å². The molecule has 0 aliphatic carbocycles. The van der Waals surface area contributed by atoms with Crippen LogP contribution in [0.3, 0.4) is 0 Å². The number of hydrogen-bond donors (Lipinski definition) is 1. The van der Waals surface area contributed by atoms with Crippen LogP contribution < -0.4 is 10.1 Å². The molecule has 4 aromatic rings. The molecule has 1 amide bonds. The molecule has 35 heavy (non-hydrogen) atoms. The summed E-state index contributed by atoms with van der Waals surface area (Å²) >= 11 is 6.62. The summed E-state index contributed by atoms with van der Waals surface area (Å²) < 4.78 is 8.89. The highest BCUT2D eigenvalue weighted by Crippen LogP contribution is 2.24. The molecule has 1 N–H and O–H groups in total. The fourth-order valence-corrected chi connectivity index (χ4v) is 4.12. The van der Waals surface area contributed by atoms with E-state index in [1.54, 1.807) is 24.1 Å². The highest BCUT2D eigenvalue weighted by Gasteiger charge is 2.20. The first-order valence-electron chi connectivity index (χ1n) is 11.2. The minimum absolute atomic E-state index is 0.268. The largest absolute Gasteiger partial charge is 0.497 e. The third-order valence-electron chi connectivity index (χ3n) is 5.82. The molecule has 7 nitrogen and oxygen atoms in total. The van der Waals surface area contributed by atoms with Crippen molar-refractivity contribution in [2.24, 2.45) is 7.05 Å². The fourth-order valence-electron chi connectivity index (χ4n) is 3.83. The maximum atomic E-state index is 13.0. The Hall–Kier alpha value is -3.84. The summed E-state index contributed by atoms with van der Waals surface area (Å²) in [6.07, 6.45) is 6.74. The SMILES string of the molecule is COc1ccc(C(NC(=O)/C=C/c2c(C)nn(Cc3ccc(C)cc3)c2Cl)c2nccn2C)cc1. The lowest BCUT2D eigenvalue weighted by molar-refractivity contribution is -0.117. The summed E-state index contributed by atoms with van der Waals surface area (Å²) in [6.45, 7) is 4.48. The molecule has 1 unspecified atom stereocenters. The standard InChI is InChI=1S/C27H28ClN5O2/c1-18-5-7-20(8-6-18)17-33-26(28)23(19(2)31-33)13-14-24(34)30-25(27-29-15-16-32(27)3)21-9-11-22(35-4)12-10-21/h5-16,25H,17H2,1-4H3,(H,30,34)/b14-13+. The Morgan fingerprint density at radius 1 is 1.14 bits per heavy atom. The van der Waals surface area contributed by atoms with E-state index in [-0.39, 0.29) is 5.91 Å². The average molecular weight is 490 g/mol. The number of imidazole rings is 1. The maximum absolute atomic E-state index is 13.0. The third-order valence-corrected chi connectivity index (χ3v) is 6.21. The van der Waals surface area contributed by atoms with Gasteiger partial charge in [-0.15, -0.1) is 0 Å². The molecular weight excluding hydrogens is 462 g/mol. The Labute approximate surface area is 210 Å². The Kier molecular flexibility index (Phi) is 7.36. The van der Waals surface area contributed by atoms with E-state index in [0.29, 0.717) is 17.3 Å². The van der Waals surface area contributed by atoms with Gasteiger partial charge in [-0.2, -0.15) is 5.10 Å². The van der Waals surface area contributed by atoms with Gasteiger partial charge in [0, 0.05) is 31.1 Å². The molecule has 2 aromatic heterocycles. The predicted molar refractivity (Wildman–Crippen MR) is 137 cm³/mol. The summed E-state index contributed by atoms with van der Waals surface area (Å²) in [5, 5.41) is 8.10. The average Bonchev–Trinajstić information content (AvgIpc) is 3.39. The minimum atomic E-state index is -0.432. The van der Waals surface area contributed by atoms with Gasteiger partial charge in [0.15, 0.2) is 0 Å². The molecule has 0 bridgehead atoms. The number of aryl methyl sites for hydroxylation is 3. The molecule has 0 saturated heterocycles. The summed E-state index contributed by atoms with van der Waals surface area (Å²) in [6, 6.07) is 15.4. The van der Waals surface area contributed by atoms with Crippen LogP contribution in [0.5, 0.6) is 5.75 Å². The van der Waals surface area contributed by atoms with Crippen LogP contribution in [-0.4, -0.2) is 32.3 Å². The van der Waals surface area contributed by atoms with Crippen LogP contribution in [0.25, 0.3) is 6.08 Å².